The van der Waals surface area contributed by atoms with E-state index in [1.165, 1.54) is 0 Å². The third-order valence-electron chi connectivity index (χ3n) is 7.80. The summed E-state index contributed by atoms with van der Waals surface area (Å²) >= 11 is 0. The first-order valence-electron chi connectivity index (χ1n) is 17.6. The fraction of sp³-hybridized carbons (Fsp3) is 0.476. The maximum atomic E-state index is 14.1. The van der Waals surface area contributed by atoms with Crippen LogP contribution in [0.25, 0.3) is 0 Å². The van der Waals surface area contributed by atoms with E-state index in [1.807, 2.05) is 91.0 Å². The predicted molar refractivity (Wildman–Crippen MR) is 199 cm³/mol. The van der Waals surface area contributed by atoms with Gasteiger partial charge in [-0.3, -0.25) is 19.7 Å². The van der Waals surface area contributed by atoms with Gasteiger partial charge in [0.05, 0.1) is 5.54 Å². The lowest BCUT2D eigenvalue weighted by atomic mass is 9.76. The Hall–Kier alpha value is -4.50. The van der Waals surface area contributed by atoms with Crippen LogP contribution >= 0.6 is 0 Å². The number of benzene rings is 3. The fourth-order valence-corrected chi connectivity index (χ4v) is 5.71. The minimum Gasteiger partial charge on any atom is -0.460 e. The van der Waals surface area contributed by atoms with Crippen molar-refractivity contribution >= 4 is 23.8 Å². The molecule has 3 rings (SSSR count). The third-order valence-corrected chi connectivity index (χ3v) is 7.80. The number of hydrogen-bond acceptors (Lipinski definition) is 8. The van der Waals surface area contributed by atoms with Gasteiger partial charge in [0.25, 0.3) is 0 Å². The van der Waals surface area contributed by atoms with Gasteiger partial charge in [-0.15, -0.1) is 0 Å². The summed E-state index contributed by atoms with van der Waals surface area (Å²) in [6.07, 6.45) is -0.0943. The second kappa shape index (κ2) is 17.1. The Balaban J connectivity index is 2.02. The third kappa shape index (κ3) is 12.6. The van der Waals surface area contributed by atoms with Crippen LogP contribution in [0.15, 0.2) is 91.0 Å². The largest absolute Gasteiger partial charge is 0.460 e. The highest BCUT2D eigenvalue weighted by atomic mass is 16.6. The topological polar surface area (TPSA) is 120 Å². The van der Waals surface area contributed by atoms with E-state index in [0.717, 1.165) is 16.7 Å². The molecule has 51 heavy (non-hydrogen) atoms. The van der Waals surface area contributed by atoms with Crippen molar-refractivity contribution in [1.82, 2.24) is 10.6 Å². The molecule has 0 fully saturated rings. The van der Waals surface area contributed by atoms with Gasteiger partial charge in [0.1, 0.15) is 28.9 Å². The molecular weight excluding hydrogens is 644 g/mol. The van der Waals surface area contributed by atoms with Crippen LogP contribution < -0.4 is 10.6 Å². The predicted octanol–water partition coefficient (Wildman–Crippen LogP) is 7.25. The van der Waals surface area contributed by atoms with Crippen molar-refractivity contribution in [2.45, 2.75) is 123 Å². The van der Waals surface area contributed by atoms with E-state index >= 15 is 0 Å². The highest BCUT2D eigenvalue weighted by Crippen LogP contribution is 2.38. The molecule has 0 aliphatic heterocycles. The highest BCUT2D eigenvalue weighted by molar-refractivity contribution is 5.87. The monoisotopic (exact) mass is 700 g/mol. The molecule has 276 valence electrons. The number of carbonyl (C=O) groups is 4. The normalized spacial score (nSPS) is 14.1. The van der Waals surface area contributed by atoms with E-state index < -0.39 is 64.2 Å². The molecule has 0 heterocycles. The van der Waals surface area contributed by atoms with Gasteiger partial charge in [0.2, 0.25) is 5.91 Å². The van der Waals surface area contributed by atoms with Crippen molar-refractivity contribution in [2.75, 3.05) is 0 Å². The molecule has 9 heteroatoms. The lowest BCUT2D eigenvalue weighted by Crippen LogP contribution is -2.55. The SMILES string of the molecule is CC(C[C@@H](NC(c1ccccc1)(c1ccccc1)c1ccccc1)C(=O)OC(C)(C)C)C(=O)N[C@@H](CCC(=O)OC(C)(C)C)C(=O)OC(C)(C)C. The summed E-state index contributed by atoms with van der Waals surface area (Å²) in [6.45, 7) is 17.6. The van der Waals surface area contributed by atoms with Crippen LogP contribution in [0.3, 0.4) is 0 Å². The van der Waals surface area contributed by atoms with Crippen LogP contribution in [-0.2, 0) is 38.9 Å². The van der Waals surface area contributed by atoms with Gasteiger partial charge < -0.3 is 19.5 Å². The van der Waals surface area contributed by atoms with E-state index in [4.69, 9.17) is 14.2 Å². The molecule has 0 spiro atoms. The lowest BCUT2D eigenvalue weighted by Gasteiger charge is -2.40. The van der Waals surface area contributed by atoms with Crippen LogP contribution in [0, 0.1) is 5.92 Å². The zero-order valence-corrected chi connectivity index (χ0v) is 31.9. The average Bonchev–Trinajstić information content (AvgIpc) is 3.03. The van der Waals surface area contributed by atoms with Gasteiger partial charge >= 0.3 is 17.9 Å². The van der Waals surface area contributed by atoms with Crippen molar-refractivity contribution in [3.8, 4) is 0 Å². The number of nitrogens with one attached hydrogen (secondary N) is 2. The van der Waals surface area contributed by atoms with Gasteiger partial charge in [-0.2, -0.15) is 0 Å². The Morgan fingerprint density at radius 3 is 1.31 bits per heavy atom. The molecule has 0 bridgehead atoms. The standard InChI is InChI=1S/C42H56N2O7/c1-29(36(46)43-33(37(47)50-40(5,6)7)26-27-35(45)49-39(2,3)4)28-34(38(48)51-41(8,9)10)44-42(30-20-14-11-15-21-30,31-22-16-12-17-23-31)32-24-18-13-19-25-32/h11-25,29,33-34,44H,26-28H2,1-10H3,(H,43,46)/t29?,33-,34+/m0/s1. The number of esters is 3. The van der Waals surface area contributed by atoms with Gasteiger partial charge in [-0.1, -0.05) is 97.9 Å². The molecule has 3 aromatic carbocycles. The molecule has 9 nitrogen and oxygen atoms in total. The van der Waals surface area contributed by atoms with E-state index in [-0.39, 0.29) is 19.3 Å². The van der Waals surface area contributed by atoms with Crippen molar-refractivity contribution in [2.24, 2.45) is 5.92 Å². The smallest absolute Gasteiger partial charge is 0.329 e. The Kier molecular flexibility index (Phi) is 13.8. The molecule has 2 N–H and O–H groups in total. The second-order valence-corrected chi connectivity index (χ2v) is 15.9. The molecule has 0 aliphatic carbocycles. The molecule has 1 unspecified atom stereocenters. The van der Waals surface area contributed by atoms with E-state index in [1.54, 1.807) is 69.2 Å². The maximum Gasteiger partial charge on any atom is 0.329 e. The first kappa shape index (κ1) is 40.9. The Morgan fingerprint density at radius 2 is 0.941 bits per heavy atom. The lowest BCUT2D eigenvalue weighted by molar-refractivity contribution is -0.161. The van der Waals surface area contributed by atoms with Crippen LogP contribution in [0.2, 0.25) is 0 Å². The maximum absolute atomic E-state index is 14.1. The Morgan fingerprint density at radius 1 is 0.569 bits per heavy atom. The molecule has 0 saturated carbocycles. The number of rotatable bonds is 14. The van der Waals surface area contributed by atoms with Crippen LogP contribution in [0.1, 0.15) is 105 Å². The van der Waals surface area contributed by atoms with Crippen molar-refractivity contribution in [3.05, 3.63) is 108 Å². The minimum atomic E-state index is -1.11. The summed E-state index contributed by atoms with van der Waals surface area (Å²) < 4.78 is 17.0. The first-order chi connectivity index (χ1) is 23.7. The molecule has 0 radical (unpaired) electrons. The molecule has 0 saturated heterocycles. The average molecular weight is 701 g/mol. The fourth-order valence-electron chi connectivity index (χ4n) is 5.71. The summed E-state index contributed by atoms with van der Waals surface area (Å²) in [5.74, 6) is -2.93. The first-order valence-corrected chi connectivity index (χ1v) is 17.6. The van der Waals surface area contributed by atoms with Crippen molar-refractivity contribution in [1.29, 1.82) is 0 Å². The summed E-state index contributed by atoms with van der Waals surface area (Å²) in [6, 6.07) is 27.4. The zero-order chi connectivity index (χ0) is 38.0. The van der Waals surface area contributed by atoms with E-state index in [0.29, 0.717) is 0 Å². The summed E-state index contributed by atoms with van der Waals surface area (Å²) in [5.41, 5.74) is -0.678. The van der Waals surface area contributed by atoms with Crippen LogP contribution in [0.5, 0.6) is 0 Å². The summed E-state index contributed by atoms with van der Waals surface area (Å²) in [4.78, 5) is 53.9. The number of amides is 1. The van der Waals surface area contributed by atoms with E-state index in [9.17, 15) is 19.2 Å². The quantitative estimate of drug-likeness (QED) is 0.103. The molecule has 3 atom stereocenters. The van der Waals surface area contributed by atoms with Crippen LogP contribution in [-0.4, -0.2) is 52.7 Å². The summed E-state index contributed by atoms with van der Waals surface area (Å²) in [5, 5.41) is 6.49. The highest BCUT2D eigenvalue weighted by Gasteiger charge is 2.42. The molecule has 0 aromatic heterocycles. The molecule has 1 amide bonds. The number of carbonyl (C=O) groups excluding carboxylic acids is 4. The molecule has 3 aromatic rings. The minimum absolute atomic E-state index is 0.0187. The molecular formula is C42H56N2O7. The Bertz CT molecular complexity index is 1490. The van der Waals surface area contributed by atoms with Gasteiger partial charge in [-0.05, 0) is 91.8 Å². The van der Waals surface area contributed by atoms with Crippen molar-refractivity contribution in [3.63, 3.8) is 0 Å². The number of hydrogen-bond donors (Lipinski definition) is 2. The van der Waals surface area contributed by atoms with Crippen LogP contribution in [0.4, 0.5) is 0 Å². The van der Waals surface area contributed by atoms with Crippen molar-refractivity contribution < 1.29 is 33.4 Å². The van der Waals surface area contributed by atoms with Gasteiger partial charge in [0, 0.05) is 12.3 Å². The zero-order valence-electron chi connectivity index (χ0n) is 31.9. The molecule has 0 aliphatic rings. The Labute approximate surface area is 303 Å². The van der Waals surface area contributed by atoms with Gasteiger partial charge in [-0.25, -0.2) is 4.79 Å². The number of ether oxygens (including phenoxy) is 3. The summed E-state index contributed by atoms with van der Waals surface area (Å²) in [7, 11) is 0. The van der Waals surface area contributed by atoms with Gasteiger partial charge in [0.15, 0.2) is 0 Å². The second-order valence-electron chi connectivity index (χ2n) is 15.9. The van der Waals surface area contributed by atoms with E-state index in [2.05, 4.69) is 10.6 Å².